The van der Waals surface area contributed by atoms with Gasteiger partial charge in [-0.25, -0.2) is 18.3 Å². The molecule has 0 radical (unpaired) electrons. The topological polar surface area (TPSA) is 98.6 Å². The Morgan fingerprint density at radius 3 is 2.51 bits per heavy atom. The zero-order chi connectivity index (χ0) is 28.9. The molecule has 0 aliphatic heterocycles. The molecule has 0 unspecified atom stereocenters. The number of aromatic nitrogens is 4. The van der Waals surface area contributed by atoms with Crippen molar-refractivity contribution in [2.45, 2.75) is 82.0 Å². The number of ether oxygens (including phenoxy) is 1. The van der Waals surface area contributed by atoms with Gasteiger partial charge in [0.25, 0.3) is 0 Å². The number of hydrogen-bond acceptors (Lipinski definition) is 6. The number of nitrogens with two attached hydrogens (primary N) is 1. The summed E-state index contributed by atoms with van der Waals surface area (Å²) in [5.74, 6) is -0.477. The average molecular weight is 562 g/mol. The lowest BCUT2D eigenvalue weighted by molar-refractivity contribution is -0.0464. The molecule has 2 fully saturated rings. The number of rotatable bonds is 6. The van der Waals surface area contributed by atoms with Crippen molar-refractivity contribution in [1.82, 2.24) is 19.6 Å². The van der Waals surface area contributed by atoms with Crippen molar-refractivity contribution >= 4 is 5.52 Å². The molecule has 3 heterocycles. The summed E-state index contributed by atoms with van der Waals surface area (Å²) < 4.78 is 38.4. The second-order valence-corrected chi connectivity index (χ2v) is 12.1. The van der Waals surface area contributed by atoms with E-state index in [4.69, 9.17) is 10.5 Å². The highest BCUT2D eigenvalue weighted by Gasteiger charge is 2.42. The number of halogens is 2. The molecule has 2 saturated carbocycles. The van der Waals surface area contributed by atoms with Crippen LogP contribution in [0.3, 0.4) is 0 Å². The van der Waals surface area contributed by atoms with Gasteiger partial charge in [0, 0.05) is 32.0 Å². The Morgan fingerprint density at radius 2 is 1.83 bits per heavy atom. The van der Waals surface area contributed by atoms with Crippen LogP contribution in [0.4, 0.5) is 8.78 Å². The highest BCUT2D eigenvalue weighted by atomic mass is 19.1. The molecule has 0 amide bonds. The molecule has 2 aliphatic rings. The van der Waals surface area contributed by atoms with Gasteiger partial charge >= 0.3 is 0 Å². The summed E-state index contributed by atoms with van der Waals surface area (Å²) in [5.41, 5.74) is 8.22. The zero-order valence-electron chi connectivity index (χ0n) is 23.8. The van der Waals surface area contributed by atoms with Crippen LogP contribution in [-0.4, -0.2) is 43.4 Å². The first-order chi connectivity index (χ1) is 19.6. The van der Waals surface area contributed by atoms with Crippen LogP contribution in [-0.2, 0) is 16.8 Å². The third kappa shape index (κ3) is 4.83. The van der Waals surface area contributed by atoms with Crippen molar-refractivity contribution in [1.29, 1.82) is 0 Å². The SMILES string of the molecule is COC1(c2cc(F)c(-c3ccc4cnc(Cc5cnccc5[C@H]5C[C@@H](N)[C@](C)(O)[C@@H](C)C5)n4n3)c(F)c2)CCCC1. The normalized spacial score (nSPS) is 26.1. The first kappa shape index (κ1) is 27.9. The molecule has 0 saturated heterocycles. The van der Waals surface area contributed by atoms with Gasteiger partial charge in [0.15, 0.2) is 0 Å². The number of imidazole rings is 1. The number of aliphatic hydroxyl groups is 1. The van der Waals surface area contributed by atoms with Crippen molar-refractivity contribution in [2.75, 3.05) is 7.11 Å². The summed E-state index contributed by atoms with van der Waals surface area (Å²) in [6.07, 6.45) is 10.6. The van der Waals surface area contributed by atoms with Crippen LogP contribution in [0.1, 0.15) is 80.8 Å². The second kappa shape index (κ2) is 10.5. The minimum Gasteiger partial charge on any atom is -0.388 e. The van der Waals surface area contributed by atoms with Gasteiger partial charge in [0.05, 0.1) is 34.2 Å². The first-order valence-corrected chi connectivity index (χ1v) is 14.4. The van der Waals surface area contributed by atoms with Crippen molar-refractivity contribution in [3.8, 4) is 11.3 Å². The fraction of sp³-hybridized carbons (Fsp3) is 0.469. The fourth-order valence-corrected chi connectivity index (χ4v) is 6.91. The van der Waals surface area contributed by atoms with Gasteiger partial charge in [0.1, 0.15) is 17.5 Å². The maximum Gasteiger partial charge on any atom is 0.136 e. The summed E-state index contributed by atoms with van der Waals surface area (Å²) in [7, 11) is 1.60. The summed E-state index contributed by atoms with van der Waals surface area (Å²) >= 11 is 0. The number of hydrogen-bond donors (Lipinski definition) is 2. The molecule has 41 heavy (non-hydrogen) atoms. The molecule has 9 heteroatoms. The maximum atomic E-state index is 15.5. The average Bonchev–Trinajstić information content (AvgIpc) is 3.60. The quantitative estimate of drug-likeness (QED) is 0.315. The number of benzene rings is 1. The molecular weight excluding hydrogens is 524 g/mol. The predicted octanol–water partition coefficient (Wildman–Crippen LogP) is 5.67. The maximum absolute atomic E-state index is 15.5. The van der Waals surface area contributed by atoms with Crippen LogP contribution in [0.2, 0.25) is 0 Å². The molecule has 3 aromatic heterocycles. The summed E-state index contributed by atoms with van der Waals surface area (Å²) in [4.78, 5) is 8.96. The monoisotopic (exact) mass is 561 g/mol. The number of fused-ring (bicyclic) bond motifs is 1. The molecule has 4 atom stereocenters. The van der Waals surface area contributed by atoms with E-state index in [9.17, 15) is 5.11 Å². The fourth-order valence-electron chi connectivity index (χ4n) is 6.91. The van der Waals surface area contributed by atoms with Crippen LogP contribution < -0.4 is 5.73 Å². The summed E-state index contributed by atoms with van der Waals surface area (Å²) in [6, 6.07) is 7.85. The Hall–Kier alpha value is -3.27. The molecule has 2 aliphatic carbocycles. The predicted molar refractivity (Wildman–Crippen MR) is 152 cm³/mol. The third-order valence-corrected chi connectivity index (χ3v) is 9.74. The molecule has 1 aromatic carbocycles. The number of methoxy groups -OCH3 is 1. The largest absolute Gasteiger partial charge is 0.388 e. The van der Waals surface area contributed by atoms with E-state index in [2.05, 4.69) is 15.1 Å². The Morgan fingerprint density at radius 1 is 1.10 bits per heavy atom. The Kier molecular flexibility index (Phi) is 7.16. The van der Waals surface area contributed by atoms with E-state index in [0.29, 0.717) is 24.2 Å². The Bertz CT molecular complexity index is 1540. The highest BCUT2D eigenvalue weighted by Crippen LogP contribution is 2.44. The van der Waals surface area contributed by atoms with E-state index in [1.807, 2.05) is 26.1 Å². The molecular formula is C32H37F2N5O2. The van der Waals surface area contributed by atoms with Crippen LogP contribution >= 0.6 is 0 Å². The van der Waals surface area contributed by atoms with Gasteiger partial charge in [-0.3, -0.25) is 4.98 Å². The first-order valence-electron chi connectivity index (χ1n) is 14.4. The van der Waals surface area contributed by atoms with Gasteiger partial charge in [-0.2, -0.15) is 5.10 Å². The molecule has 3 N–H and O–H groups in total. The Balaban J connectivity index is 1.33. The molecule has 7 nitrogen and oxygen atoms in total. The number of pyridine rings is 1. The van der Waals surface area contributed by atoms with Crippen LogP contribution in [0.15, 0.2) is 48.9 Å². The van der Waals surface area contributed by atoms with Crippen molar-refractivity contribution < 1.29 is 18.6 Å². The zero-order valence-corrected chi connectivity index (χ0v) is 23.8. The van der Waals surface area contributed by atoms with Crippen LogP contribution in [0, 0.1) is 17.6 Å². The van der Waals surface area contributed by atoms with E-state index in [0.717, 1.165) is 48.7 Å². The van der Waals surface area contributed by atoms with E-state index < -0.39 is 22.8 Å². The lowest BCUT2D eigenvalue weighted by Crippen LogP contribution is -2.54. The van der Waals surface area contributed by atoms with Crippen molar-refractivity contribution in [2.24, 2.45) is 11.7 Å². The van der Waals surface area contributed by atoms with Gasteiger partial charge in [-0.1, -0.05) is 19.8 Å². The van der Waals surface area contributed by atoms with E-state index in [-0.39, 0.29) is 29.1 Å². The van der Waals surface area contributed by atoms with Gasteiger partial charge < -0.3 is 15.6 Å². The molecule has 6 rings (SSSR count). The van der Waals surface area contributed by atoms with E-state index >= 15 is 8.78 Å². The van der Waals surface area contributed by atoms with E-state index in [1.54, 1.807) is 36.2 Å². The van der Waals surface area contributed by atoms with E-state index in [1.165, 1.54) is 12.1 Å². The minimum atomic E-state index is -0.909. The van der Waals surface area contributed by atoms with Crippen LogP contribution in [0.5, 0.6) is 0 Å². The second-order valence-electron chi connectivity index (χ2n) is 12.1. The smallest absolute Gasteiger partial charge is 0.136 e. The van der Waals surface area contributed by atoms with Crippen LogP contribution in [0.25, 0.3) is 16.8 Å². The van der Waals surface area contributed by atoms with Crippen molar-refractivity contribution in [3.05, 3.63) is 83.1 Å². The number of nitrogens with zero attached hydrogens (tertiary/aromatic N) is 4. The molecule has 216 valence electrons. The van der Waals surface area contributed by atoms with Gasteiger partial charge in [-0.15, -0.1) is 0 Å². The van der Waals surface area contributed by atoms with Gasteiger partial charge in [-0.05, 0) is 91.5 Å². The highest BCUT2D eigenvalue weighted by molar-refractivity contribution is 5.63. The molecule has 0 spiro atoms. The molecule has 4 aromatic rings. The summed E-state index contributed by atoms with van der Waals surface area (Å²) in [5, 5.41) is 15.4. The summed E-state index contributed by atoms with van der Waals surface area (Å²) in [6.45, 7) is 3.85. The standard InChI is InChI=1S/C32H37F2N5O2/c1-19-12-20(13-28(35)31(19,2)40)24-8-11-36-17-21(24)14-29-37-18-23-6-7-27(38-39(23)29)30-25(33)15-22(16-26(30)34)32(41-3)9-4-5-10-32/h6-8,11,15-20,28,40H,4-5,9-10,12-14,35H2,1-3H3/t19-,20+,28+,31+/m0/s1. The van der Waals surface area contributed by atoms with Crippen molar-refractivity contribution in [3.63, 3.8) is 0 Å². The van der Waals surface area contributed by atoms with Gasteiger partial charge in [0.2, 0.25) is 0 Å². The molecule has 0 bridgehead atoms. The lowest BCUT2D eigenvalue weighted by atomic mass is 9.67. The minimum absolute atomic E-state index is 0.0392. The third-order valence-electron chi connectivity index (χ3n) is 9.74. The lowest BCUT2D eigenvalue weighted by Gasteiger charge is -2.44. The Labute approximate surface area is 238 Å².